The van der Waals surface area contributed by atoms with Gasteiger partial charge in [0.25, 0.3) is 0 Å². The largest absolute Gasteiger partial charge is 0.507 e. The molecular weight excluding hydrogens is 226 g/mol. The maximum absolute atomic E-state index is 10.7. The molecule has 0 aliphatic carbocycles. The molecule has 90 valence electrons. The quantitative estimate of drug-likeness (QED) is 0.601. The predicted octanol–water partition coefficient (Wildman–Crippen LogP) is 0.398. The maximum atomic E-state index is 10.7. The highest BCUT2D eigenvalue weighted by Crippen LogP contribution is 2.25. The molecular formula is C11H11NO5. The van der Waals surface area contributed by atoms with E-state index in [1.54, 1.807) is 6.07 Å². The van der Waals surface area contributed by atoms with Gasteiger partial charge >= 0.3 is 5.97 Å². The number of nitriles is 1. The molecule has 0 heterocycles. The van der Waals surface area contributed by atoms with E-state index < -0.39 is 23.9 Å². The number of carboxylic acid groups (broad SMARTS) is 1. The number of aromatic hydroxyl groups is 1. The smallest absolute Gasteiger partial charge is 0.339 e. The van der Waals surface area contributed by atoms with Crippen LogP contribution in [0.1, 0.15) is 28.4 Å². The van der Waals surface area contributed by atoms with Gasteiger partial charge in [0.2, 0.25) is 0 Å². The summed E-state index contributed by atoms with van der Waals surface area (Å²) in [4.78, 5) is 10.7. The Morgan fingerprint density at radius 2 is 2.06 bits per heavy atom. The summed E-state index contributed by atoms with van der Waals surface area (Å²) >= 11 is 0. The molecule has 0 radical (unpaired) electrons. The van der Waals surface area contributed by atoms with Crippen molar-refractivity contribution in [3.63, 3.8) is 0 Å². The molecule has 2 atom stereocenters. The molecule has 0 aliphatic heterocycles. The van der Waals surface area contributed by atoms with E-state index in [4.69, 9.17) is 10.4 Å². The van der Waals surface area contributed by atoms with Crippen LogP contribution in [0, 0.1) is 11.3 Å². The van der Waals surface area contributed by atoms with E-state index in [9.17, 15) is 20.1 Å². The number of aliphatic hydroxyl groups excluding tert-OH is 2. The third-order valence-electron chi connectivity index (χ3n) is 2.26. The summed E-state index contributed by atoms with van der Waals surface area (Å²) in [5.41, 5.74) is -0.242. The molecule has 0 spiro atoms. The summed E-state index contributed by atoms with van der Waals surface area (Å²) in [5.74, 6) is -1.77. The molecule has 1 aromatic rings. The standard InChI is InChI=1S/C11H11NO5/c12-4-3-9(14)10(15)6-1-2-8(13)7(5-6)11(16)17/h1-2,5,9-10,13-15H,3H2,(H,16,17). The minimum Gasteiger partial charge on any atom is -0.507 e. The number of aliphatic hydroxyl groups is 2. The molecule has 6 nitrogen and oxygen atoms in total. The fourth-order valence-corrected chi connectivity index (χ4v) is 1.34. The van der Waals surface area contributed by atoms with Crippen LogP contribution in [0.2, 0.25) is 0 Å². The normalized spacial score (nSPS) is 13.7. The van der Waals surface area contributed by atoms with Gasteiger partial charge in [-0.1, -0.05) is 6.07 Å². The minimum absolute atomic E-state index is 0.128. The number of carbonyl (C=O) groups is 1. The Labute approximate surface area is 97.0 Å². The lowest BCUT2D eigenvalue weighted by atomic mass is 10.00. The average Bonchev–Trinajstić information content (AvgIpc) is 2.28. The third-order valence-corrected chi connectivity index (χ3v) is 2.26. The second kappa shape index (κ2) is 5.30. The molecule has 0 saturated heterocycles. The van der Waals surface area contributed by atoms with Gasteiger partial charge in [-0.05, 0) is 17.7 Å². The zero-order valence-electron chi connectivity index (χ0n) is 8.74. The molecule has 4 N–H and O–H groups in total. The first kappa shape index (κ1) is 13.0. The number of nitrogens with zero attached hydrogens (tertiary/aromatic N) is 1. The van der Waals surface area contributed by atoms with E-state index in [2.05, 4.69) is 0 Å². The zero-order valence-corrected chi connectivity index (χ0v) is 8.74. The second-order valence-corrected chi connectivity index (χ2v) is 3.46. The molecule has 0 fully saturated rings. The van der Waals surface area contributed by atoms with E-state index in [1.807, 2.05) is 0 Å². The lowest BCUT2D eigenvalue weighted by Gasteiger charge is -2.16. The van der Waals surface area contributed by atoms with E-state index in [0.29, 0.717) is 0 Å². The van der Waals surface area contributed by atoms with E-state index in [0.717, 1.165) is 12.1 Å². The molecule has 0 aromatic heterocycles. The lowest BCUT2D eigenvalue weighted by molar-refractivity contribution is 0.0215. The Balaban J connectivity index is 3.04. The van der Waals surface area contributed by atoms with Gasteiger partial charge in [0, 0.05) is 0 Å². The molecule has 0 aliphatic rings. The summed E-state index contributed by atoms with van der Waals surface area (Å²) in [6.07, 6.45) is -2.94. The molecule has 0 bridgehead atoms. The molecule has 0 saturated carbocycles. The van der Waals surface area contributed by atoms with Gasteiger partial charge in [0.1, 0.15) is 17.4 Å². The van der Waals surface area contributed by atoms with Crippen molar-refractivity contribution in [2.75, 3.05) is 0 Å². The molecule has 1 aromatic carbocycles. The van der Waals surface area contributed by atoms with Crippen molar-refractivity contribution in [1.82, 2.24) is 0 Å². The van der Waals surface area contributed by atoms with Crippen LogP contribution in [-0.2, 0) is 0 Å². The van der Waals surface area contributed by atoms with Gasteiger partial charge in [-0.25, -0.2) is 4.79 Å². The highest BCUT2D eigenvalue weighted by atomic mass is 16.4. The summed E-state index contributed by atoms with van der Waals surface area (Å²) in [7, 11) is 0. The van der Waals surface area contributed by atoms with Crippen molar-refractivity contribution >= 4 is 5.97 Å². The van der Waals surface area contributed by atoms with Crippen LogP contribution in [-0.4, -0.2) is 32.5 Å². The Morgan fingerprint density at radius 1 is 1.41 bits per heavy atom. The number of aromatic carboxylic acids is 1. The Bertz CT molecular complexity index is 465. The first-order valence-corrected chi connectivity index (χ1v) is 4.76. The van der Waals surface area contributed by atoms with Crippen LogP contribution in [0.4, 0.5) is 0 Å². The van der Waals surface area contributed by atoms with Crippen molar-refractivity contribution in [1.29, 1.82) is 5.26 Å². The van der Waals surface area contributed by atoms with E-state index in [-0.39, 0.29) is 17.5 Å². The highest BCUT2D eigenvalue weighted by molar-refractivity contribution is 5.90. The van der Waals surface area contributed by atoms with E-state index >= 15 is 0 Å². The fourth-order valence-electron chi connectivity index (χ4n) is 1.34. The van der Waals surface area contributed by atoms with E-state index in [1.165, 1.54) is 6.07 Å². The summed E-state index contributed by atoms with van der Waals surface area (Å²) < 4.78 is 0. The number of phenols is 1. The molecule has 6 heteroatoms. The van der Waals surface area contributed by atoms with Crippen molar-refractivity contribution in [2.24, 2.45) is 0 Å². The number of hydrogen-bond donors (Lipinski definition) is 4. The van der Waals surface area contributed by atoms with Gasteiger partial charge in [-0.2, -0.15) is 5.26 Å². The zero-order chi connectivity index (χ0) is 13.0. The van der Waals surface area contributed by atoms with Crippen LogP contribution >= 0.6 is 0 Å². The van der Waals surface area contributed by atoms with Crippen molar-refractivity contribution in [2.45, 2.75) is 18.6 Å². The molecule has 1 rings (SSSR count). The van der Waals surface area contributed by atoms with Crippen LogP contribution in [0.15, 0.2) is 18.2 Å². The second-order valence-electron chi connectivity index (χ2n) is 3.46. The Hall–Kier alpha value is -2.10. The van der Waals surface area contributed by atoms with Crippen molar-refractivity contribution < 1.29 is 25.2 Å². The predicted molar refractivity (Wildman–Crippen MR) is 56.3 cm³/mol. The van der Waals surface area contributed by atoms with Crippen LogP contribution in [0.25, 0.3) is 0 Å². The molecule has 17 heavy (non-hydrogen) atoms. The Kier molecular flexibility index (Phi) is 4.04. The minimum atomic E-state index is -1.37. The fraction of sp³-hybridized carbons (Fsp3) is 0.273. The summed E-state index contributed by atoms with van der Waals surface area (Å²) in [6.45, 7) is 0. The van der Waals surface area contributed by atoms with Crippen LogP contribution in [0.3, 0.4) is 0 Å². The van der Waals surface area contributed by atoms with Crippen LogP contribution in [0.5, 0.6) is 5.75 Å². The lowest BCUT2D eigenvalue weighted by Crippen LogP contribution is -2.17. The number of carboxylic acids is 1. The first-order chi connectivity index (χ1) is 7.97. The van der Waals surface area contributed by atoms with Gasteiger partial charge in [-0.3, -0.25) is 0 Å². The SMILES string of the molecule is N#CCC(O)C(O)c1ccc(O)c(C(=O)O)c1. The Morgan fingerprint density at radius 3 is 2.59 bits per heavy atom. The maximum Gasteiger partial charge on any atom is 0.339 e. The number of rotatable bonds is 4. The number of hydrogen-bond acceptors (Lipinski definition) is 5. The molecule has 0 amide bonds. The summed E-state index contributed by atoms with van der Waals surface area (Å²) in [6, 6.07) is 5.15. The highest BCUT2D eigenvalue weighted by Gasteiger charge is 2.20. The van der Waals surface area contributed by atoms with Gasteiger partial charge < -0.3 is 20.4 Å². The van der Waals surface area contributed by atoms with Crippen molar-refractivity contribution in [3.8, 4) is 11.8 Å². The third kappa shape index (κ3) is 2.93. The monoisotopic (exact) mass is 237 g/mol. The van der Waals surface area contributed by atoms with Gasteiger partial charge in [0.15, 0.2) is 0 Å². The topological polar surface area (TPSA) is 122 Å². The van der Waals surface area contributed by atoms with Crippen LogP contribution < -0.4 is 0 Å². The summed E-state index contributed by atoms with van der Waals surface area (Å²) in [5, 5.41) is 45.4. The van der Waals surface area contributed by atoms with Gasteiger partial charge in [-0.15, -0.1) is 0 Å². The molecule has 2 unspecified atom stereocenters. The van der Waals surface area contributed by atoms with Gasteiger partial charge in [0.05, 0.1) is 18.6 Å². The average molecular weight is 237 g/mol. The number of benzene rings is 1. The first-order valence-electron chi connectivity index (χ1n) is 4.76. The van der Waals surface area contributed by atoms with Crippen molar-refractivity contribution in [3.05, 3.63) is 29.3 Å².